The Balaban J connectivity index is 2.42. The molecule has 1 aliphatic rings. The van der Waals surface area contributed by atoms with Gasteiger partial charge in [0.15, 0.2) is 0 Å². The van der Waals surface area contributed by atoms with Crippen molar-refractivity contribution in [2.75, 3.05) is 6.61 Å². The van der Waals surface area contributed by atoms with Crippen LogP contribution in [0.1, 0.15) is 44.2 Å². The second-order valence-corrected chi connectivity index (χ2v) is 5.79. The first-order valence-corrected chi connectivity index (χ1v) is 7.34. The molecule has 1 saturated carbocycles. The predicted molar refractivity (Wildman–Crippen MR) is 73.8 cm³/mol. The Labute approximate surface area is 120 Å². The van der Waals surface area contributed by atoms with Gasteiger partial charge in [-0.05, 0) is 47.8 Å². The first kappa shape index (κ1) is 14.9. The molecule has 2 rings (SSSR count). The van der Waals surface area contributed by atoms with E-state index in [0.717, 1.165) is 25.7 Å². The SMILES string of the molecule is CCOC1(C(N)c2c(F)ccc(Br)c2F)CCCC1. The van der Waals surface area contributed by atoms with Gasteiger partial charge in [0, 0.05) is 12.2 Å². The lowest BCUT2D eigenvalue weighted by Gasteiger charge is -2.35. The summed E-state index contributed by atoms with van der Waals surface area (Å²) in [5.41, 5.74) is 5.45. The minimum Gasteiger partial charge on any atom is -0.373 e. The van der Waals surface area contributed by atoms with Gasteiger partial charge in [-0.1, -0.05) is 12.8 Å². The topological polar surface area (TPSA) is 35.2 Å². The molecular weight excluding hydrogens is 316 g/mol. The second kappa shape index (κ2) is 5.85. The Morgan fingerprint density at radius 2 is 2.00 bits per heavy atom. The molecule has 0 heterocycles. The van der Waals surface area contributed by atoms with Crippen molar-refractivity contribution in [1.82, 2.24) is 0 Å². The van der Waals surface area contributed by atoms with Gasteiger partial charge in [0.2, 0.25) is 0 Å². The molecule has 1 aliphatic carbocycles. The molecule has 0 amide bonds. The smallest absolute Gasteiger partial charge is 0.145 e. The minimum absolute atomic E-state index is 0.0790. The lowest BCUT2D eigenvalue weighted by molar-refractivity contribution is -0.0550. The molecule has 1 unspecified atom stereocenters. The van der Waals surface area contributed by atoms with E-state index in [1.807, 2.05) is 6.92 Å². The molecule has 106 valence electrons. The van der Waals surface area contributed by atoms with Gasteiger partial charge in [-0.25, -0.2) is 8.78 Å². The highest BCUT2D eigenvalue weighted by Gasteiger charge is 2.43. The van der Waals surface area contributed by atoms with Crippen LogP contribution in [0.3, 0.4) is 0 Å². The van der Waals surface area contributed by atoms with E-state index in [4.69, 9.17) is 10.5 Å². The maximum Gasteiger partial charge on any atom is 0.145 e. The molecule has 0 aromatic heterocycles. The van der Waals surface area contributed by atoms with Crippen LogP contribution >= 0.6 is 15.9 Å². The number of nitrogens with two attached hydrogens (primary N) is 1. The molecule has 5 heteroatoms. The van der Waals surface area contributed by atoms with E-state index in [1.54, 1.807) is 0 Å². The van der Waals surface area contributed by atoms with Gasteiger partial charge in [-0.3, -0.25) is 0 Å². The van der Waals surface area contributed by atoms with E-state index in [1.165, 1.54) is 12.1 Å². The van der Waals surface area contributed by atoms with E-state index in [-0.39, 0.29) is 10.0 Å². The van der Waals surface area contributed by atoms with Crippen LogP contribution in [0.25, 0.3) is 0 Å². The number of hydrogen-bond donors (Lipinski definition) is 1. The van der Waals surface area contributed by atoms with Gasteiger partial charge in [0.25, 0.3) is 0 Å². The maximum atomic E-state index is 14.2. The van der Waals surface area contributed by atoms with Crippen molar-refractivity contribution in [3.63, 3.8) is 0 Å². The third-order valence-electron chi connectivity index (χ3n) is 3.84. The van der Waals surface area contributed by atoms with Gasteiger partial charge in [0.05, 0.1) is 16.1 Å². The summed E-state index contributed by atoms with van der Waals surface area (Å²) in [5.74, 6) is -1.24. The van der Waals surface area contributed by atoms with E-state index in [2.05, 4.69) is 15.9 Å². The van der Waals surface area contributed by atoms with Crippen molar-refractivity contribution in [3.05, 3.63) is 33.8 Å². The predicted octanol–water partition coefficient (Wildman–Crippen LogP) is 4.08. The Morgan fingerprint density at radius 3 is 2.58 bits per heavy atom. The van der Waals surface area contributed by atoms with Gasteiger partial charge in [0.1, 0.15) is 11.6 Å². The Kier molecular flexibility index (Phi) is 4.58. The van der Waals surface area contributed by atoms with E-state index < -0.39 is 23.3 Å². The van der Waals surface area contributed by atoms with Gasteiger partial charge in [-0.2, -0.15) is 0 Å². The van der Waals surface area contributed by atoms with Gasteiger partial charge in [-0.15, -0.1) is 0 Å². The summed E-state index contributed by atoms with van der Waals surface area (Å²) in [6.45, 7) is 2.37. The van der Waals surface area contributed by atoms with Crippen LogP contribution in [-0.4, -0.2) is 12.2 Å². The van der Waals surface area contributed by atoms with Crippen LogP contribution in [0.2, 0.25) is 0 Å². The quantitative estimate of drug-likeness (QED) is 0.842. The van der Waals surface area contributed by atoms with Crippen molar-refractivity contribution in [1.29, 1.82) is 0 Å². The number of rotatable bonds is 4. The molecule has 1 aromatic rings. The summed E-state index contributed by atoms with van der Waals surface area (Å²) in [5, 5.41) is 0. The number of hydrogen-bond acceptors (Lipinski definition) is 2. The summed E-state index contributed by atoms with van der Waals surface area (Å²) in [7, 11) is 0. The van der Waals surface area contributed by atoms with Crippen LogP contribution in [0.4, 0.5) is 8.78 Å². The average molecular weight is 334 g/mol. The number of ether oxygens (including phenoxy) is 1. The molecule has 2 nitrogen and oxygen atoms in total. The molecule has 0 radical (unpaired) electrons. The maximum absolute atomic E-state index is 14.2. The molecule has 0 spiro atoms. The first-order valence-electron chi connectivity index (χ1n) is 6.55. The van der Waals surface area contributed by atoms with Gasteiger partial charge >= 0.3 is 0 Å². The van der Waals surface area contributed by atoms with Crippen LogP contribution < -0.4 is 5.73 Å². The van der Waals surface area contributed by atoms with Crippen molar-refractivity contribution >= 4 is 15.9 Å². The Morgan fingerprint density at radius 1 is 1.37 bits per heavy atom. The highest BCUT2D eigenvalue weighted by Crippen LogP contribution is 2.43. The van der Waals surface area contributed by atoms with Crippen molar-refractivity contribution < 1.29 is 13.5 Å². The van der Waals surface area contributed by atoms with Crippen molar-refractivity contribution in [2.45, 2.75) is 44.2 Å². The van der Waals surface area contributed by atoms with E-state index in [9.17, 15) is 8.78 Å². The molecule has 0 saturated heterocycles. The third-order valence-corrected chi connectivity index (χ3v) is 4.45. The van der Waals surface area contributed by atoms with Crippen molar-refractivity contribution in [3.8, 4) is 0 Å². The molecule has 1 fully saturated rings. The third kappa shape index (κ3) is 2.69. The summed E-state index contributed by atoms with van der Waals surface area (Å²) in [6.07, 6.45) is 3.44. The highest BCUT2D eigenvalue weighted by atomic mass is 79.9. The normalized spacial score (nSPS) is 19.6. The molecule has 2 N–H and O–H groups in total. The first-order chi connectivity index (χ1) is 9.02. The van der Waals surface area contributed by atoms with Gasteiger partial charge < -0.3 is 10.5 Å². The lowest BCUT2D eigenvalue weighted by Crippen LogP contribution is -2.42. The zero-order valence-corrected chi connectivity index (χ0v) is 12.5. The molecule has 0 aliphatic heterocycles. The Hall–Kier alpha value is -0.520. The monoisotopic (exact) mass is 333 g/mol. The fourth-order valence-corrected chi connectivity index (χ4v) is 3.24. The summed E-state index contributed by atoms with van der Waals surface area (Å²) >= 11 is 3.08. The molecule has 1 atom stereocenters. The number of halogens is 3. The van der Waals surface area contributed by atoms with E-state index >= 15 is 0 Å². The molecule has 19 heavy (non-hydrogen) atoms. The standard InChI is InChI=1S/C14H18BrF2NO/c1-2-19-14(7-3-4-8-14)13(18)11-10(16)6-5-9(15)12(11)17/h5-6,13H,2-4,7-8,18H2,1H3. The fraction of sp³-hybridized carbons (Fsp3) is 0.571. The van der Waals surface area contributed by atoms with Crippen molar-refractivity contribution in [2.24, 2.45) is 5.73 Å². The second-order valence-electron chi connectivity index (χ2n) is 4.94. The van der Waals surface area contributed by atoms with Crippen LogP contribution in [0, 0.1) is 11.6 Å². The fourth-order valence-electron chi connectivity index (χ4n) is 2.90. The van der Waals surface area contributed by atoms with Crippen LogP contribution in [0.5, 0.6) is 0 Å². The van der Waals surface area contributed by atoms with Crippen LogP contribution in [0.15, 0.2) is 16.6 Å². The van der Waals surface area contributed by atoms with E-state index in [0.29, 0.717) is 6.61 Å². The largest absolute Gasteiger partial charge is 0.373 e. The lowest BCUT2D eigenvalue weighted by atomic mass is 9.87. The zero-order valence-electron chi connectivity index (χ0n) is 10.9. The summed E-state index contributed by atoms with van der Waals surface area (Å²) in [6, 6.07) is 1.80. The van der Waals surface area contributed by atoms with Crippen LogP contribution in [-0.2, 0) is 4.74 Å². The molecule has 0 bridgehead atoms. The number of benzene rings is 1. The highest BCUT2D eigenvalue weighted by molar-refractivity contribution is 9.10. The summed E-state index contributed by atoms with van der Waals surface area (Å²) in [4.78, 5) is 0. The average Bonchev–Trinajstić information content (AvgIpc) is 2.84. The molecular formula is C14H18BrF2NO. The molecule has 1 aromatic carbocycles. The minimum atomic E-state index is -0.785. The Bertz CT molecular complexity index is 461. The zero-order chi connectivity index (χ0) is 14.0. The summed E-state index contributed by atoms with van der Waals surface area (Å²) < 4.78 is 34.1.